The molecule has 2 aromatic carbocycles. The molecule has 29 heavy (non-hydrogen) atoms. The second kappa shape index (κ2) is 7.44. The number of halogens is 1. The highest BCUT2D eigenvalue weighted by Gasteiger charge is 2.19. The molecule has 146 valence electrons. The second-order valence-corrected chi connectivity index (χ2v) is 8.17. The molecular weight excluding hydrogens is 395 g/mol. The quantitative estimate of drug-likeness (QED) is 0.529. The zero-order valence-electron chi connectivity index (χ0n) is 15.2. The minimum atomic E-state index is -3.68. The Hall–Kier alpha value is -3.59. The molecule has 0 aliphatic heterocycles. The molecule has 9 heteroatoms. The van der Waals surface area contributed by atoms with E-state index in [1.54, 1.807) is 36.5 Å². The van der Waals surface area contributed by atoms with E-state index in [9.17, 15) is 12.8 Å². The molecule has 0 aliphatic rings. The summed E-state index contributed by atoms with van der Waals surface area (Å²) in [6.45, 7) is 0. The minimum Gasteiger partial charge on any atom is -0.453 e. The summed E-state index contributed by atoms with van der Waals surface area (Å²) in [4.78, 5) is 12.4. The third-order valence-electron chi connectivity index (χ3n) is 4.07. The predicted octanol–water partition coefficient (Wildman–Crippen LogP) is 4.10. The van der Waals surface area contributed by atoms with Crippen molar-refractivity contribution < 1.29 is 17.5 Å². The summed E-state index contributed by atoms with van der Waals surface area (Å²) < 4.78 is 43.9. The van der Waals surface area contributed by atoms with Crippen LogP contribution in [0.3, 0.4) is 0 Å². The first kappa shape index (κ1) is 18.8. The maximum Gasteiger partial charge on any atom is 0.181 e. The van der Waals surface area contributed by atoms with Gasteiger partial charge in [-0.05, 0) is 42.5 Å². The Bertz CT molecular complexity index is 1300. The number of aromatic nitrogens is 3. The van der Waals surface area contributed by atoms with Crippen LogP contribution in [0.5, 0.6) is 11.5 Å². The highest BCUT2D eigenvalue weighted by Crippen LogP contribution is 2.34. The van der Waals surface area contributed by atoms with Gasteiger partial charge in [-0.15, -0.1) is 0 Å². The summed E-state index contributed by atoms with van der Waals surface area (Å²) in [6, 6.07) is 14.0. The number of fused-ring (bicyclic) bond motifs is 1. The van der Waals surface area contributed by atoms with Crippen LogP contribution < -0.4 is 10.1 Å². The van der Waals surface area contributed by atoms with Crippen LogP contribution in [0.25, 0.3) is 10.9 Å². The van der Waals surface area contributed by atoms with Crippen LogP contribution >= 0.6 is 0 Å². The van der Waals surface area contributed by atoms with Gasteiger partial charge in [-0.25, -0.2) is 27.8 Å². The number of para-hydroxylation sites is 1. The summed E-state index contributed by atoms with van der Waals surface area (Å²) in [6.07, 6.45) is 4.05. The van der Waals surface area contributed by atoms with Crippen LogP contribution in [0.1, 0.15) is 0 Å². The van der Waals surface area contributed by atoms with Gasteiger partial charge in [0.2, 0.25) is 0 Å². The zero-order valence-corrected chi connectivity index (χ0v) is 16.0. The minimum absolute atomic E-state index is 0.228. The first-order valence-corrected chi connectivity index (χ1v) is 10.4. The molecule has 2 aromatic heterocycles. The van der Waals surface area contributed by atoms with E-state index in [0.717, 1.165) is 12.3 Å². The lowest BCUT2D eigenvalue weighted by molar-refractivity contribution is 0.428. The third-order valence-corrected chi connectivity index (χ3v) is 5.19. The van der Waals surface area contributed by atoms with E-state index < -0.39 is 15.7 Å². The van der Waals surface area contributed by atoms with Crippen molar-refractivity contribution in [3.05, 3.63) is 72.9 Å². The largest absolute Gasteiger partial charge is 0.453 e. The van der Waals surface area contributed by atoms with E-state index in [4.69, 9.17) is 4.74 Å². The van der Waals surface area contributed by atoms with Gasteiger partial charge in [0.1, 0.15) is 28.6 Å². The SMILES string of the molecule is CS(=O)(=O)c1cccc(F)c1Oc1ccc2ncnc(Nc3ccccn3)c2c1. The average Bonchev–Trinajstić information content (AvgIpc) is 2.70. The zero-order chi connectivity index (χ0) is 20.4. The van der Waals surface area contributed by atoms with Gasteiger partial charge in [-0.3, -0.25) is 0 Å². The number of hydrogen-bond donors (Lipinski definition) is 1. The number of benzene rings is 2. The number of sulfone groups is 1. The summed E-state index contributed by atoms with van der Waals surface area (Å²) in [5.74, 6) is 0.185. The number of anilines is 2. The number of pyridine rings is 1. The first-order valence-electron chi connectivity index (χ1n) is 8.51. The fourth-order valence-corrected chi connectivity index (χ4v) is 3.56. The van der Waals surface area contributed by atoms with Crippen LogP contribution in [-0.4, -0.2) is 29.6 Å². The molecule has 0 atom stereocenters. The Labute approximate surface area is 166 Å². The van der Waals surface area contributed by atoms with Crippen molar-refractivity contribution >= 4 is 32.4 Å². The number of nitrogens with one attached hydrogen (secondary N) is 1. The first-order chi connectivity index (χ1) is 13.9. The van der Waals surface area contributed by atoms with E-state index in [0.29, 0.717) is 22.5 Å². The molecule has 0 amide bonds. The van der Waals surface area contributed by atoms with Crippen molar-refractivity contribution in [2.24, 2.45) is 0 Å². The fraction of sp³-hybridized carbons (Fsp3) is 0.0500. The lowest BCUT2D eigenvalue weighted by Crippen LogP contribution is -2.02. The Morgan fingerprint density at radius 2 is 1.86 bits per heavy atom. The molecule has 0 fully saturated rings. The number of nitrogens with zero attached hydrogens (tertiary/aromatic N) is 3. The summed E-state index contributed by atoms with van der Waals surface area (Å²) in [7, 11) is -3.68. The predicted molar refractivity (Wildman–Crippen MR) is 107 cm³/mol. The van der Waals surface area contributed by atoms with Gasteiger partial charge in [-0.2, -0.15) is 0 Å². The van der Waals surface area contributed by atoms with Crippen LogP contribution in [0.4, 0.5) is 16.0 Å². The standard InChI is InChI=1S/C20H15FN4O3S/c1-29(26,27)17-6-4-5-15(21)19(17)28-13-8-9-16-14(11-13)20(24-12-23-16)25-18-7-2-3-10-22-18/h2-12H,1H3,(H,22,23,24,25). The molecule has 1 N–H and O–H groups in total. The van der Waals surface area contributed by atoms with Gasteiger partial charge in [-0.1, -0.05) is 12.1 Å². The van der Waals surface area contributed by atoms with Gasteiger partial charge in [0.05, 0.1) is 5.52 Å². The van der Waals surface area contributed by atoms with Crippen molar-refractivity contribution in [1.82, 2.24) is 15.0 Å². The fourth-order valence-electron chi connectivity index (χ4n) is 2.75. The Morgan fingerprint density at radius 1 is 1.00 bits per heavy atom. The van der Waals surface area contributed by atoms with Crippen LogP contribution in [0.2, 0.25) is 0 Å². The molecule has 0 saturated heterocycles. The van der Waals surface area contributed by atoms with Crippen molar-refractivity contribution in [2.45, 2.75) is 4.90 Å². The second-order valence-electron chi connectivity index (χ2n) is 6.18. The Balaban J connectivity index is 1.76. The van der Waals surface area contributed by atoms with E-state index >= 15 is 0 Å². The van der Waals surface area contributed by atoms with Crippen molar-refractivity contribution in [3.8, 4) is 11.5 Å². The topological polar surface area (TPSA) is 94.1 Å². The summed E-state index contributed by atoms with van der Waals surface area (Å²) in [5, 5.41) is 3.70. The number of rotatable bonds is 5. The molecule has 7 nitrogen and oxygen atoms in total. The maximum atomic E-state index is 14.3. The molecule has 0 radical (unpaired) electrons. The third kappa shape index (κ3) is 3.99. The molecule has 0 unspecified atom stereocenters. The number of hydrogen-bond acceptors (Lipinski definition) is 7. The van der Waals surface area contributed by atoms with Gasteiger partial charge in [0.15, 0.2) is 21.4 Å². The van der Waals surface area contributed by atoms with E-state index in [1.165, 1.54) is 18.5 Å². The smallest absolute Gasteiger partial charge is 0.181 e. The molecule has 0 bridgehead atoms. The Morgan fingerprint density at radius 3 is 2.62 bits per heavy atom. The normalized spacial score (nSPS) is 11.4. The van der Waals surface area contributed by atoms with E-state index in [2.05, 4.69) is 20.3 Å². The highest BCUT2D eigenvalue weighted by molar-refractivity contribution is 7.90. The van der Waals surface area contributed by atoms with Crippen LogP contribution in [0, 0.1) is 5.82 Å². The molecular formula is C20H15FN4O3S. The molecule has 4 rings (SSSR count). The molecule has 0 aliphatic carbocycles. The van der Waals surface area contributed by atoms with E-state index in [-0.39, 0.29) is 16.4 Å². The number of ether oxygens (including phenoxy) is 1. The monoisotopic (exact) mass is 410 g/mol. The molecule has 4 aromatic rings. The lowest BCUT2D eigenvalue weighted by Gasteiger charge is -2.12. The summed E-state index contributed by atoms with van der Waals surface area (Å²) in [5.41, 5.74) is 0.627. The van der Waals surface area contributed by atoms with Gasteiger partial charge in [0.25, 0.3) is 0 Å². The molecule has 2 heterocycles. The average molecular weight is 410 g/mol. The van der Waals surface area contributed by atoms with Gasteiger partial charge >= 0.3 is 0 Å². The van der Waals surface area contributed by atoms with E-state index in [1.807, 2.05) is 6.07 Å². The molecule has 0 spiro atoms. The van der Waals surface area contributed by atoms with Crippen molar-refractivity contribution in [3.63, 3.8) is 0 Å². The van der Waals surface area contributed by atoms with Crippen LogP contribution in [0.15, 0.2) is 72.0 Å². The van der Waals surface area contributed by atoms with Gasteiger partial charge in [0, 0.05) is 17.8 Å². The van der Waals surface area contributed by atoms with Crippen LogP contribution in [-0.2, 0) is 9.84 Å². The lowest BCUT2D eigenvalue weighted by atomic mass is 10.2. The van der Waals surface area contributed by atoms with Gasteiger partial charge < -0.3 is 10.1 Å². The molecule has 0 saturated carbocycles. The van der Waals surface area contributed by atoms with Crippen molar-refractivity contribution in [1.29, 1.82) is 0 Å². The maximum absolute atomic E-state index is 14.3. The summed E-state index contributed by atoms with van der Waals surface area (Å²) >= 11 is 0. The Kier molecular flexibility index (Phi) is 4.81. The highest BCUT2D eigenvalue weighted by atomic mass is 32.2. The van der Waals surface area contributed by atoms with Crippen molar-refractivity contribution in [2.75, 3.05) is 11.6 Å².